The number of benzene rings is 2. The van der Waals surface area contributed by atoms with E-state index in [0.717, 1.165) is 0 Å². The lowest BCUT2D eigenvalue weighted by Gasteiger charge is -2.10. The number of ether oxygens (including phenoxy) is 2. The molecule has 0 fully saturated rings. The van der Waals surface area contributed by atoms with E-state index < -0.39 is 6.29 Å². The van der Waals surface area contributed by atoms with Gasteiger partial charge in [0.1, 0.15) is 5.82 Å². The summed E-state index contributed by atoms with van der Waals surface area (Å²) in [6.07, 6.45) is 1.32. The van der Waals surface area contributed by atoms with Crippen LogP contribution in [0.25, 0.3) is 28.1 Å². The molecule has 0 saturated heterocycles. The third-order valence-electron chi connectivity index (χ3n) is 5.81. The van der Waals surface area contributed by atoms with E-state index in [4.69, 9.17) is 20.2 Å². The Labute approximate surface area is 219 Å². The molecule has 5 aromatic rings. The average Bonchev–Trinajstić information content (AvgIpc) is 3.66. The van der Waals surface area contributed by atoms with Crippen LogP contribution in [-0.4, -0.2) is 43.7 Å². The SMILES string of the molecule is N#Cc1cccc(-n2ncc3c(NC(=O)c4ccc(N)s4)nc(-c4ccc5c(c4)OC(CCO)O5)nc32)c1. The van der Waals surface area contributed by atoms with Gasteiger partial charge in [-0.2, -0.15) is 10.4 Å². The molecule has 38 heavy (non-hydrogen) atoms. The number of hydrogen-bond acceptors (Lipinski definition) is 10. The monoisotopic (exact) mass is 525 g/mol. The predicted molar refractivity (Wildman–Crippen MR) is 140 cm³/mol. The number of fused-ring (bicyclic) bond motifs is 2. The van der Waals surface area contributed by atoms with Crippen LogP contribution in [0.4, 0.5) is 10.8 Å². The Morgan fingerprint density at radius 2 is 2.03 bits per heavy atom. The highest BCUT2D eigenvalue weighted by Gasteiger charge is 2.25. The molecule has 0 bridgehead atoms. The molecule has 3 aromatic heterocycles. The summed E-state index contributed by atoms with van der Waals surface area (Å²) in [7, 11) is 0. The first-order valence-electron chi connectivity index (χ1n) is 11.5. The Hall–Kier alpha value is -4.99. The molecule has 0 spiro atoms. The number of nitrogens with two attached hydrogens (primary N) is 1. The number of aliphatic hydroxyl groups excluding tert-OH is 1. The molecule has 1 aliphatic rings. The van der Waals surface area contributed by atoms with Crippen molar-refractivity contribution in [2.75, 3.05) is 17.7 Å². The predicted octanol–water partition coefficient (Wildman–Crippen LogP) is 3.73. The number of amides is 1. The maximum atomic E-state index is 13.0. The van der Waals surface area contributed by atoms with Crippen LogP contribution in [-0.2, 0) is 0 Å². The molecule has 1 amide bonds. The van der Waals surface area contributed by atoms with Gasteiger partial charge < -0.3 is 25.6 Å². The van der Waals surface area contributed by atoms with E-state index in [1.165, 1.54) is 11.3 Å². The van der Waals surface area contributed by atoms with Crippen LogP contribution in [0.3, 0.4) is 0 Å². The van der Waals surface area contributed by atoms with E-state index in [0.29, 0.717) is 61.5 Å². The van der Waals surface area contributed by atoms with Crippen molar-refractivity contribution in [2.45, 2.75) is 12.7 Å². The molecule has 0 aliphatic carbocycles. The number of anilines is 2. The number of thiophene rings is 1. The van der Waals surface area contributed by atoms with Crippen LogP contribution in [0.5, 0.6) is 11.5 Å². The highest BCUT2D eigenvalue weighted by atomic mass is 32.1. The summed E-state index contributed by atoms with van der Waals surface area (Å²) in [4.78, 5) is 22.8. The number of nitrogens with one attached hydrogen (secondary N) is 1. The van der Waals surface area contributed by atoms with Gasteiger partial charge in [0.25, 0.3) is 5.91 Å². The summed E-state index contributed by atoms with van der Waals surface area (Å²) in [6, 6.07) is 17.7. The van der Waals surface area contributed by atoms with Crippen molar-refractivity contribution in [3.8, 4) is 34.6 Å². The van der Waals surface area contributed by atoms with Crippen molar-refractivity contribution in [1.29, 1.82) is 5.26 Å². The molecule has 11 nitrogen and oxygen atoms in total. The van der Waals surface area contributed by atoms with E-state index in [9.17, 15) is 15.2 Å². The summed E-state index contributed by atoms with van der Waals surface area (Å²) >= 11 is 1.17. The molecule has 12 heteroatoms. The van der Waals surface area contributed by atoms with Gasteiger partial charge in [0.15, 0.2) is 23.0 Å². The summed E-state index contributed by atoms with van der Waals surface area (Å²) in [5.41, 5.74) is 7.96. The number of nitriles is 1. The second-order valence-corrected chi connectivity index (χ2v) is 9.46. The van der Waals surface area contributed by atoms with Gasteiger partial charge in [0, 0.05) is 12.0 Å². The molecule has 1 aliphatic heterocycles. The van der Waals surface area contributed by atoms with Gasteiger partial charge in [-0.05, 0) is 48.5 Å². The quantitative estimate of drug-likeness (QED) is 0.300. The lowest BCUT2D eigenvalue weighted by Crippen LogP contribution is -2.19. The maximum absolute atomic E-state index is 13.0. The van der Waals surface area contributed by atoms with Gasteiger partial charge in [0.2, 0.25) is 6.29 Å². The summed E-state index contributed by atoms with van der Waals surface area (Å²) in [5.74, 6) is 1.26. The molecule has 4 heterocycles. The summed E-state index contributed by atoms with van der Waals surface area (Å²) in [5, 5.41) is 26.9. The highest BCUT2D eigenvalue weighted by Crippen LogP contribution is 2.39. The third kappa shape index (κ3) is 4.26. The van der Waals surface area contributed by atoms with Gasteiger partial charge in [-0.25, -0.2) is 14.6 Å². The lowest BCUT2D eigenvalue weighted by atomic mass is 10.2. The fourth-order valence-electron chi connectivity index (χ4n) is 4.04. The first-order valence-corrected chi connectivity index (χ1v) is 12.4. The molecule has 6 rings (SSSR count). The highest BCUT2D eigenvalue weighted by molar-refractivity contribution is 7.17. The average molecular weight is 526 g/mol. The molecule has 0 saturated carbocycles. The normalized spacial score (nSPS) is 13.9. The van der Waals surface area contributed by atoms with Crippen LogP contribution < -0.4 is 20.5 Å². The molecule has 2 aromatic carbocycles. The standard InChI is InChI=1S/C26H19N7O4S/c27-12-14-2-1-3-16(10-14)33-25-17(13-29-33)24(32-26(35)20-6-7-21(28)38-20)30-23(31-25)15-4-5-18-19(11-15)37-22(36-18)8-9-34/h1-7,10-11,13,22,34H,8-9,28H2,(H,30,31,32,35). The number of rotatable bonds is 6. The second kappa shape index (κ2) is 9.47. The molecule has 188 valence electrons. The minimum absolute atomic E-state index is 0.0682. The third-order valence-corrected chi connectivity index (χ3v) is 6.73. The summed E-state index contributed by atoms with van der Waals surface area (Å²) in [6.45, 7) is -0.0682. The number of nitrogen functional groups attached to an aromatic ring is 1. The van der Waals surface area contributed by atoms with Crippen molar-refractivity contribution in [2.24, 2.45) is 0 Å². The molecular weight excluding hydrogens is 506 g/mol. The fourth-order valence-corrected chi connectivity index (χ4v) is 4.71. The Balaban J connectivity index is 1.47. The van der Waals surface area contributed by atoms with Crippen molar-refractivity contribution < 1.29 is 19.4 Å². The molecule has 1 unspecified atom stereocenters. The van der Waals surface area contributed by atoms with Crippen LogP contribution in [0, 0.1) is 11.3 Å². The second-order valence-electron chi connectivity index (χ2n) is 8.35. The Morgan fingerprint density at radius 1 is 1.16 bits per heavy atom. The van der Waals surface area contributed by atoms with E-state index in [2.05, 4.69) is 21.5 Å². The number of carbonyl (C=O) groups is 1. The van der Waals surface area contributed by atoms with Crippen LogP contribution in [0.1, 0.15) is 21.7 Å². The number of carbonyl (C=O) groups excluding carboxylic acids is 1. The fraction of sp³-hybridized carbons (Fsp3) is 0.115. The first kappa shape index (κ1) is 23.4. The zero-order chi connectivity index (χ0) is 26.2. The molecule has 0 radical (unpaired) electrons. The Morgan fingerprint density at radius 3 is 2.82 bits per heavy atom. The van der Waals surface area contributed by atoms with Gasteiger partial charge in [-0.1, -0.05) is 6.07 Å². The van der Waals surface area contributed by atoms with Crippen LogP contribution in [0.15, 0.2) is 60.8 Å². The minimum Gasteiger partial charge on any atom is -0.451 e. The number of nitrogens with zero attached hydrogens (tertiary/aromatic N) is 5. The van der Waals surface area contributed by atoms with Crippen LogP contribution in [0.2, 0.25) is 0 Å². The zero-order valence-electron chi connectivity index (χ0n) is 19.7. The smallest absolute Gasteiger partial charge is 0.266 e. The number of hydrogen-bond donors (Lipinski definition) is 3. The minimum atomic E-state index is -0.574. The summed E-state index contributed by atoms with van der Waals surface area (Å²) < 4.78 is 13.1. The first-order chi connectivity index (χ1) is 18.5. The molecule has 1 atom stereocenters. The van der Waals surface area contributed by atoms with E-state index in [1.807, 2.05) is 6.07 Å². The van der Waals surface area contributed by atoms with E-state index >= 15 is 0 Å². The zero-order valence-corrected chi connectivity index (χ0v) is 20.5. The van der Waals surface area contributed by atoms with Crippen molar-refractivity contribution >= 4 is 39.1 Å². The number of aliphatic hydroxyl groups is 1. The van der Waals surface area contributed by atoms with Gasteiger partial charge in [-0.15, -0.1) is 11.3 Å². The molecule has 4 N–H and O–H groups in total. The topological polar surface area (TPSA) is 161 Å². The van der Waals surface area contributed by atoms with Gasteiger partial charge in [0.05, 0.1) is 45.4 Å². The molecular formula is C26H19N7O4S. The number of aromatic nitrogens is 4. The Kier molecular flexibility index (Phi) is 5.83. The van der Waals surface area contributed by atoms with Gasteiger partial charge in [-0.3, -0.25) is 4.79 Å². The van der Waals surface area contributed by atoms with E-state index in [1.54, 1.807) is 59.4 Å². The van der Waals surface area contributed by atoms with Crippen molar-refractivity contribution in [3.05, 3.63) is 71.2 Å². The van der Waals surface area contributed by atoms with Crippen LogP contribution >= 0.6 is 11.3 Å². The maximum Gasteiger partial charge on any atom is 0.266 e. The largest absolute Gasteiger partial charge is 0.451 e. The van der Waals surface area contributed by atoms with E-state index in [-0.39, 0.29) is 18.3 Å². The van der Waals surface area contributed by atoms with Gasteiger partial charge >= 0.3 is 0 Å². The Bertz CT molecular complexity index is 1740. The van der Waals surface area contributed by atoms with Crippen molar-refractivity contribution in [1.82, 2.24) is 19.7 Å². The lowest BCUT2D eigenvalue weighted by molar-refractivity contribution is 0.0271. The van der Waals surface area contributed by atoms with Crippen molar-refractivity contribution in [3.63, 3.8) is 0 Å².